The fourth-order valence-corrected chi connectivity index (χ4v) is 3.74. The molecule has 31 heavy (non-hydrogen) atoms. The first-order valence-electron chi connectivity index (χ1n) is 9.67. The summed E-state index contributed by atoms with van der Waals surface area (Å²) in [5.41, 5.74) is 0.130. The lowest BCUT2D eigenvalue weighted by Crippen LogP contribution is -2.51. The summed E-state index contributed by atoms with van der Waals surface area (Å²) in [7, 11) is 2.67. The Hall–Kier alpha value is -3.40. The number of nitrogens with zero attached hydrogens (tertiary/aromatic N) is 1. The van der Waals surface area contributed by atoms with E-state index in [1.54, 1.807) is 18.2 Å². The molecule has 3 rings (SSSR count). The minimum absolute atomic E-state index is 0.0395. The highest BCUT2D eigenvalue weighted by Gasteiger charge is 2.39. The van der Waals surface area contributed by atoms with Crippen LogP contribution in [-0.2, 0) is 25.5 Å². The topological polar surface area (TPSA) is 135 Å². The molecule has 0 bridgehead atoms. The highest BCUT2D eigenvalue weighted by atomic mass is 16.5. The van der Waals surface area contributed by atoms with Gasteiger partial charge >= 0.3 is 11.6 Å². The van der Waals surface area contributed by atoms with Crippen LogP contribution < -0.4 is 15.7 Å². The molecule has 2 aromatic rings. The Morgan fingerprint density at radius 2 is 2.03 bits per heavy atom. The molecule has 10 heteroatoms. The number of β-amino-alcohol motifs (C(OH)–C–C–N with tert-alkyl or cyclic N) is 1. The van der Waals surface area contributed by atoms with Crippen molar-refractivity contribution in [3.63, 3.8) is 0 Å². The van der Waals surface area contributed by atoms with Crippen molar-refractivity contribution in [1.29, 1.82) is 0 Å². The van der Waals surface area contributed by atoms with Gasteiger partial charge in [-0.05, 0) is 17.7 Å². The molecule has 1 aromatic heterocycles. The first-order valence-corrected chi connectivity index (χ1v) is 9.67. The SMILES string of the molecule is COC(=O)[C@@H](Cc1cc(=O)oc2cc(OC)ccc12)NC(=O)[C@@H]1C[C@@H](O)CN1C(C)=O. The first-order chi connectivity index (χ1) is 14.7. The molecule has 2 N–H and O–H groups in total. The minimum Gasteiger partial charge on any atom is -0.497 e. The van der Waals surface area contributed by atoms with Crippen LogP contribution in [0.1, 0.15) is 18.9 Å². The van der Waals surface area contributed by atoms with Crippen LogP contribution in [0.3, 0.4) is 0 Å². The summed E-state index contributed by atoms with van der Waals surface area (Å²) in [4.78, 5) is 50.3. The summed E-state index contributed by atoms with van der Waals surface area (Å²) in [6, 6.07) is 4.15. The summed E-state index contributed by atoms with van der Waals surface area (Å²) < 4.78 is 15.2. The highest BCUT2D eigenvalue weighted by molar-refractivity contribution is 5.91. The van der Waals surface area contributed by atoms with Gasteiger partial charge in [0.2, 0.25) is 11.8 Å². The van der Waals surface area contributed by atoms with Gasteiger partial charge in [-0.15, -0.1) is 0 Å². The first kappa shape index (κ1) is 22.3. The van der Waals surface area contributed by atoms with Gasteiger partial charge in [-0.25, -0.2) is 9.59 Å². The molecular formula is C21H24N2O8. The maximum Gasteiger partial charge on any atom is 0.336 e. The second-order valence-electron chi connectivity index (χ2n) is 7.32. The Balaban J connectivity index is 1.89. The van der Waals surface area contributed by atoms with Crippen LogP contribution in [0.15, 0.2) is 33.5 Å². The number of aliphatic hydroxyl groups is 1. The number of amides is 2. The van der Waals surface area contributed by atoms with Crippen molar-refractivity contribution in [2.45, 2.75) is 38.0 Å². The molecule has 2 amide bonds. The molecule has 0 aliphatic carbocycles. The third kappa shape index (κ3) is 4.85. The highest BCUT2D eigenvalue weighted by Crippen LogP contribution is 2.24. The molecule has 0 unspecified atom stereocenters. The van der Waals surface area contributed by atoms with Crippen molar-refractivity contribution in [2.24, 2.45) is 0 Å². The lowest BCUT2D eigenvalue weighted by Gasteiger charge is -2.24. The zero-order chi connectivity index (χ0) is 22.7. The van der Waals surface area contributed by atoms with Crippen molar-refractivity contribution >= 4 is 28.8 Å². The molecule has 1 aromatic carbocycles. The van der Waals surface area contributed by atoms with Gasteiger partial charge in [0, 0.05) is 43.8 Å². The van der Waals surface area contributed by atoms with E-state index in [0.717, 1.165) is 0 Å². The number of nitrogens with one attached hydrogen (secondary N) is 1. The summed E-state index contributed by atoms with van der Waals surface area (Å²) >= 11 is 0. The average molecular weight is 432 g/mol. The maximum atomic E-state index is 12.8. The molecule has 1 saturated heterocycles. The van der Waals surface area contributed by atoms with E-state index in [0.29, 0.717) is 16.7 Å². The number of carbonyl (C=O) groups is 3. The van der Waals surface area contributed by atoms with Gasteiger partial charge in [0.1, 0.15) is 23.4 Å². The molecule has 0 radical (unpaired) electrons. The normalized spacial score (nSPS) is 19.2. The predicted molar refractivity (Wildman–Crippen MR) is 108 cm³/mol. The number of hydrogen-bond donors (Lipinski definition) is 2. The largest absolute Gasteiger partial charge is 0.497 e. The van der Waals surface area contributed by atoms with E-state index in [1.165, 1.54) is 32.1 Å². The Morgan fingerprint density at radius 3 is 2.68 bits per heavy atom. The van der Waals surface area contributed by atoms with Crippen molar-refractivity contribution < 1.29 is 33.4 Å². The van der Waals surface area contributed by atoms with Crippen LogP contribution >= 0.6 is 0 Å². The number of benzene rings is 1. The fourth-order valence-electron chi connectivity index (χ4n) is 3.74. The standard InChI is InChI=1S/C21H24N2O8/c1-11(24)23-10-13(25)8-17(23)20(27)22-16(21(28)30-3)6-12-7-19(26)31-18-9-14(29-2)4-5-15(12)18/h4-5,7,9,13,16-17,25H,6,8,10H2,1-3H3,(H,22,27)/t13-,16-,17+/m1/s1. The second-order valence-corrected chi connectivity index (χ2v) is 7.32. The van der Waals surface area contributed by atoms with Crippen LogP contribution in [0.4, 0.5) is 0 Å². The van der Waals surface area contributed by atoms with Crippen molar-refractivity contribution in [3.8, 4) is 5.75 Å². The summed E-state index contributed by atoms with van der Waals surface area (Å²) in [5, 5.41) is 13.0. The molecule has 0 spiro atoms. The molecule has 3 atom stereocenters. The summed E-state index contributed by atoms with van der Waals surface area (Å²) in [6.45, 7) is 1.35. The Kier molecular flexibility index (Phi) is 6.59. The predicted octanol–water partition coefficient (Wildman–Crippen LogP) is -0.0164. The van der Waals surface area contributed by atoms with E-state index in [2.05, 4.69) is 5.32 Å². The van der Waals surface area contributed by atoms with Crippen LogP contribution in [0.5, 0.6) is 5.75 Å². The third-order valence-electron chi connectivity index (χ3n) is 5.25. The van der Waals surface area contributed by atoms with Gasteiger partial charge in [-0.3, -0.25) is 9.59 Å². The number of likely N-dealkylation sites (tertiary alicyclic amines) is 1. The molecule has 1 aliphatic rings. The molecule has 10 nitrogen and oxygen atoms in total. The summed E-state index contributed by atoms with van der Waals surface area (Å²) in [5.74, 6) is -1.16. The Labute approximate surface area is 177 Å². The number of fused-ring (bicyclic) bond motifs is 1. The number of carbonyl (C=O) groups excluding carboxylic acids is 3. The van der Waals surface area contributed by atoms with E-state index in [1.807, 2.05) is 0 Å². The van der Waals surface area contributed by atoms with E-state index in [-0.39, 0.29) is 30.9 Å². The lowest BCUT2D eigenvalue weighted by molar-refractivity contribution is -0.146. The van der Waals surface area contributed by atoms with Crippen LogP contribution in [0.2, 0.25) is 0 Å². The summed E-state index contributed by atoms with van der Waals surface area (Å²) in [6.07, 6.45) is -0.798. The van der Waals surface area contributed by atoms with Crippen molar-refractivity contribution in [3.05, 3.63) is 40.2 Å². The molecule has 2 heterocycles. The smallest absolute Gasteiger partial charge is 0.336 e. The lowest BCUT2D eigenvalue weighted by atomic mass is 10.0. The van der Waals surface area contributed by atoms with Gasteiger partial charge < -0.3 is 29.2 Å². The number of aliphatic hydroxyl groups excluding tert-OH is 1. The fraction of sp³-hybridized carbons (Fsp3) is 0.429. The average Bonchev–Trinajstić information content (AvgIpc) is 3.14. The quantitative estimate of drug-likeness (QED) is 0.480. The van der Waals surface area contributed by atoms with Crippen LogP contribution in [0, 0.1) is 0 Å². The van der Waals surface area contributed by atoms with E-state index >= 15 is 0 Å². The molecule has 0 saturated carbocycles. The maximum absolute atomic E-state index is 12.8. The minimum atomic E-state index is -1.11. The molecule has 1 fully saturated rings. The number of rotatable bonds is 6. The Morgan fingerprint density at radius 1 is 1.29 bits per heavy atom. The van der Waals surface area contributed by atoms with Gasteiger partial charge in [0.25, 0.3) is 0 Å². The van der Waals surface area contributed by atoms with E-state index < -0.39 is 35.7 Å². The number of ether oxygens (including phenoxy) is 2. The zero-order valence-electron chi connectivity index (χ0n) is 17.4. The van der Waals surface area contributed by atoms with Crippen molar-refractivity contribution in [1.82, 2.24) is 10.2 Å². The zero-order valence-corrected chi connectivity index (χ0v) is 17.4. The van der Waals surface area contributed by atoms with Gasteiger partial charge in [0.15, 0.2) is 0 Å². The number of methoxy groups -OCH3 is 2. The van der Waals surface area contributed by atoms with Gasteiger partial charge in [-0.2, -0.15) is 0 Å². The van der Waals surface area contributed by atoms with Gasteiger partial charge in [-0.1, -0.05) is 0 Å². The third-order valence-corrected chi connectivity index (χ3v) is 5.25. The monoisotopic (exact) mass is 432 g/mol. The second kappa shape index (κ2) is 9.17. The number of hydrogen-bond acceptors (Lipinski definition) is 8. The number of esters is 1. The van der Waals surface area contributed by atoms with Crippen LogP contribution in [-0.4, -0.2) is 66.7 Å². The Bertz CT molecular complexity index is 1060. The molecular weight excluding hydrogens is 408 g/mol. The van der Waals surface area contributed by atoms with Crippen LogP contribution in [0.25, 0.3) is 11.0 Å². The molecule has 1 aliphatic heterocycles. The van der Waals surface area contributed by atoms with E-state index in [9.17, 15) is 24.3 Å². The van der Waals surface area contributed by atoms with E-state index in [4.69, 9.17) is 13.9 Å². The van der Waals surface area contributed by atoms with Crippen molar-refractivity contribution in [2.75, 3.05) is 20.8 Å². The van der Waals surface area contributed by atoms with Gasteiger partial charge in [0.05, 0.1) is 20.3 Å². The molecule has 166 valence electrons.